The Balaban J connectivity index is 2.82. The van der Waals surface area contributed by atoms with E-state index >= 15 is 0 Å². The molecule has 5 nitrogen and oxygen atoms in total. The number of hydrogen-bond donors (Lipinski definition) is 1. The monoisotopic (exact) mass is 287 g/mol. The standard InChI is InChI=1S/C7H4Cl2FNO4S/c8-4-2-1-3-5(6(4)10)15-7(12)11-16(9,13)14/h1-3H,(H,11,12). The lowest BCUT2D eigenvalue weighted by molar-refractivity contribution is 0.205. The maximum atomic E-state index is 13.2. The fraction of sp³-hybridized carbons (Fsp3) is 0. The van der Waals surface area contributed by atoms with Crippen molar-refractivity contribution in [2.75, 3.05) is 0 Å². The van der Waals surface area contributed by atoms with Gasteiger partial charge in [-0.05, 0) is 12.1 Å². The van der Waals surface area contributed by atoms with Crippen molar-refractivity contribution in [3.8, 4) is 5.75 Å². The third-order valence-electron chi connectivity index (χ3n) is 1.32. The number of ether oxygens (including phenoxy) is 1. The molecular formula is C7H4Cl2FNO4S. The van der Waals surface area contributed by atoms with Crippen LogP contribution in [0.2, 0.25) is 5.02 Å². The molecule has 0 aromatic heterocycles. The van der Waals surface area contributed by atoms with Crippen molar-refractivity contribution in [3.63, 3.8) is 0 Å². The fourth-order valence-electron chi connectivity index (χ4n) is 0.783. The number of amides is 1. The van der Waals surface area contributed by atoms with E-state index in [-0.39, 0.29) is 5.02 Å². The summed E-state index contributed by atoms with van der Waals surface area (Å²) >= 11 is 5.40. The first-order chi connectivity index (χ1) is 7.29. The lowest BCUT2D eigenvalue weighted by Gasteiger charge is -2.05. The molecule has 88 valence electrons. The normalized spacial score (nSPS) is 10.9. The molecule has 0 aliphatic rings. The van der Waals surface area contributed by atoms with E-state index in [1.54, 1.807) is 0 Å². The first-order valence-corrected chi connectivity index (χ1v) is 6.36. The lowest BCUT2D eigenvalue weighted by atomic mass is 10.3. The van der Waals surface area contributed by atoms with Crippen LogP contribution >= 0.6 is 22.3 Å². The molecule has 0 aliphatic heterocycles. The van der Waals surface area contributed by atoms with Crippen LogP contribution in [0.4, 0.5) is 9.18 Å². The molecule has 0 fully saturated rings. The molecule has 0 saturated carbocycles. The van der Waals surface area contributed by atoms with Gasteiger partial charge in [0.25, 0.3) is 0 Å². The van der Waals surface area contributed by atoms with Gasteiger partial charge in [-0.15, -0.1) is 0 Å². The Morgan fingerprint density at radius 1 is 1.44 bits per heavy atom. The highest BCUT2D eigenvalue weighted by molar-refractivity contribution is 8.12. The van der Waals surface area contributed by atoms with Crippen LogP contribution in [0.15, 0.2) is 18.2 Å². The molecule has 0 bridgehead atoms. The van der Waals surface area contributed by atoms with Crippen molar-refractivity contribution in [1.82, 2.24) is 4.72 Å². The molecule has 9 heteroatoms. The van der Waals surface area contributed by atoms with Crippen molar-refractivity contribution in [3.05, 3.63) is 29.0 Å². The SMILES string of the molecule is O=C(NS(=O)(=O)Cl)Oc1cccc(Cl)c1F. The zero-order valence-corrected chi connectivity index (χ0v) is 9.74. The fourth-order valence-corrected chi connectivity index (χ4v) is 1.38. The van der Waals surface area contributed by atoms with E-state index in [9.17, 15) is 17.6 Å². The Morgan fingerprint density at radius 3 is 2.62 bits per heavy atom. The summed E-state index contributed by atoms with van der Waals surface area (Å²) in [6.45, 7) is 0. The number of carbonyl (C=O) groups is 1. The zero-order valence-electron chi connectivity index (χ0n) is 7.41. The molecule has 0 saturated heterocycles. The predicted molar refractivity (Wildman–Crippen MR) is 55.3 cm³/mol. The molecule has 1 amide bonds. The first-order valence-electron chi connectivity index (χ1n) is 3.68. The second kappa shape index (κ2) is 4.86. The second-order valence-corrected chi connectivity index (χ2v) is 5.19. The van der Waals surface area contributed by atoms with E-state index in [4.69, 9.17) is 22.3 Å². The van der Waals surface area contributed by atoms with Crippen LogP contribution in [0.3, 0.4) is 0 Å². The molecule has 1 aromatic carbocycles. The average Bonchev–Trinajstić information content (AvgIpc) is 2.09. The minimum atomic E-state index is -4.27. The van der Waals surface area contributed by atoms with E-state index in [1.165, 1.54) is 16.9 Å². The van der Waals surface area contributed by atoms with E-state index < -0.39 is 26.9 Å². The summed E-state index contributed by atoms with van der Waals surface area (Å²) in [6, 6.07) is 3.66. The van der Waals surface area contributed by atoms with Crippen molar-refractivity contribution >= 4 is 37.6 Å². The highest BCUT2D eigenvalue weighted by Gasteiger charge is 2.15. The Morgan fingerprint density at radius 2 is 2.06 bits per heavy atom. The number of carbonyl (C=O) groups excluding carboxylic acids is 1. The van der Waals surface area contributed by atoms with Gasteiger partial charge in [-0.3, -0.25) is 0 Å². The third-order valence-corrected chi connectivity index (χ3v) is 2.26. The van der Waals surface area contributed by atoms with Crippen LogP contribution in [-0.2, 0) is 9.24 Å². The molecule has 1 aromatic rings. The number of benzene rings is 1. The van der Waals surface area contributed by atoms with E-state index in [0.29, 0.717) is 0 Å². The molecule has 0 unspecified atom stereocenters. The number of nitrogens with one attached hydrogen (secondary N) is 1. The predicted octanol–water partition coefficient (Wildman–Crippen LogP) is 2.05. The van der Waals surface area contributed by atoms with Gasteiger partial charge in [0, 0.05) is 10.7 Å². The Kier molecular flexibility index (Phi) is 3.95. The van der Waals surface area contributed by atoms with Gasteiger partial charge in [0.2, 0.25) is 0 Å². The minimum absolute atomic E-state index is 0.265. The van der Waals surface area contributed by atoms with Gasteiger partial charge in [0.05, 0.1) is 5.02 Å². The van der Waals surface area contributed by atoms with Crippen LogP contribution in [0.5, 0.6) is 5.75 Å². The summed E-state index contributed by atoms with van der Waals surface area (Å²) in [7, 11) is 0.432. The number of halogens is 3. The summed E-state index contributed by atoms with van der Waals surface area (Å²) in [5, 5.41) is -0.265. The average molecular weight is 288 g/mol. The summed E-state index contributed by atoms with van der Waals surface area (Å²) in [5.74, 6) is -1.49. The van der Waals surface area contributed by atoms with E-state index in [2.05, 4.69) is 4.74 Å². The third kappa shape index (κ3) is 3.84. The maximum absolute atomic E-state index is 13.2. The maximum Gasteiger partial charge on any atom is 0.427 e. The highest BCUT2D eigenvalue weighted by atomic mass is 35.7. The van der Waals surface area contributed by atoms with Crippen molar-refractivity contribution in [2.45, 2.75) is 0 Å². The topological polar surface area (TPSA) is 72.5 Å². The summed E-state index contributed by atoms with van der Waals surface area (Å²) < 4.78 is 39.6. The molecule has 0 atom stereocenters. The van der Waals surface area contributed by atoms with Gasteiger partial charge in [-0.1, -0.05) is 17.7 Å². The summed E-state index contributed by atoms with van der Waals surface area (Å²) in [4.78, 5) is 10.9. The quantitative estimate of drug-likeness (QED) is 0.845. The molecule has 16 heavy (non-hydrogen) atoms. The Labute approximate surface area is 99.7 Å². The van der Waals surface area contributed by atoms with Crippen molar-refractivity contribution in [2.24, 2.45) is 0 Å². The number of rotatable bonds is 2. The summed E-state index contributed by atoms with van der Waals surface area (Å²) in [6.07, 6.45) is -1.43. The van der Waals surface area contributed by atoms with E-state index in [0.717, 1.165) is 6.07 Å². The van der Waals surface area contributed by atoms with Crippen LogP contribution in [-0.4, -0.2) is 14.5 Å². The Bertz CT molecular complexity index is 519. The molecule has 1 N–H and O–H groups in total. The van der Waals surface area contributed by atoms with Gasteiger partial charge in [-0.2, -0.15) is 8.42 Å². The number of hydrogen-bond acceptors (Lipinski definition) is 4. The van der Waals surface area contributed by atoms with Crippen LogP contribution in [0, 0.1) is 5.82 Å². The first kappa shape index (κ1) is 13.0. The van der Waals surface area contributed by atoms with Gasteiger partial charge in [-0.25, -0.2) is 13.9 Å². The molecule has 0 heterocycles. The van der Waals surface area contributed by atoms with Gasteiger partial charge >= 0.3 is 15.3 Å². The zero-order chi connectivity index (χ0) is 12.3. The summed E-state index contributed by atoms with van der Waals surface area (Å²) in [5.41, 5.74) is 0. The molecule has 0 radical (unpaired) electrons. The van der Waals surface area contributed by atoms with Gasteiger partial charge < -0.3 is 4.74 Å². The largest absolute Gasteiger partial charge is 0.427 e. The van der Waals surface area contributed by atoms with Gasteiger partial charge in [0.1, 0.15) is 0 Å². The molecule has 0 spiro atoms. The lowest BCUT2D eigenvalue weighted by Crippen LogP contribution is -2.29. The van der Waals surface area contributed by atoms with E-state index in [1.807, 2.05) is 0 Å². The highest BCUT2D eigenvalue weighted by Crippen LogP contribution is 2.24. The molecular weight excluding hydrogens is 284 g/mol. The smallest absolute Gasteiger partial charge is 0.406 e. The van der Waals surface area contributed by atoms with Crippen LogP contribution < -0.4 is 9.46 Å². The second-order valence-electron chi connectivity index (χ2n) is 2.48. The van der Waals surface area contributed by atoms with Crippen molar-refractivity contribution in [1.29, 1.82) is 0 Å². The molecule has 0 aliphatic carbocycles. The Hall–Kier alpha value is -1.05. The minimum Gasteiger partial charge on any atom is -0.406 e. The van der Waals surface area contributed by atoms with Crippen LogP contribution in [0.1, 0.15) is 0 Å². The van der Waals surface area contributed by atoms with Crippen molar-refractivity contribution < 1.29 is 22.3 Å². The van der Waals surface area contributed by atoms with Gasteiger partial charge in [0.15, 0.2) is 11.6 Å². The molecule has 1 rings (SSSR count). The van der Waals surface area contributed by atoms with Crippen LogP contribution in [0.25, 0.3) is 0 Å².